The van der Waals surface area contributed by atoms with Crippen molar-refractivity contribution >= 4 is 11.9 Å². The first-order chi connectivity index (χ1) is 12.9. The van der Waals surface area contributed by atoms with Crippen LogP contribution < -0.4 is 9.47 Å². The average Bonchev–Trinajstić information content (AvgIpc) is 2.69. The van der Waals surface area contributed by atoms with E-state index < -0.39 is 11.9 Å². The number of benzene rings is 2. The third-order valence-corrected chi connectivity index (χ3v) is 3.72. The molecule has 0 radical (unpaired) electrons. The van der Waals surface area contributed by atoms with Gasteiger partial charge in [-0.25, -0.2) is 9.59 Å². The van der Waals surface area contributed by atoms with Gasteiger partial charge in [0, 0.05) is 0 Å². The molecule has 0 aliphatic carbocycles. The number of hydrogen-bond donors (Lipinski definition) is 0. The van der Waals surface area contributed by atoms with Gasteiger partial charge in [0.15, 0.2) is 11.5 Å². The number of rotatable bonds is 8. The molecule has 0 bridgehead atoms. The molecule has 27 heavy (non-hydrogen) atoms. The Balaban J connectivity index is 2.00. The predicted octanol–water partition coefficient (Wildman–Crippen LogP) is 3.87. The second-order valence-corrected chi connectivity index (χ2v) is 6.34. The first-order valence-corrected chi connectivity index (χ1v) is 8.59. The molecule has 0 saturated carbocycles. The van der Waals surface area contributed by atoms with E-state index in [1.807, 2.05) is 0 Å². The number of methoxy groups -OCH3 is 2. The maximum Gasteiger partial charge on any atom is 0.338 e. The summed E-state index contributed by atoms with van der Waals surface area (Å²) in [5, 5.41) is 0. The van der Waals surface area contributed by atoms with Crippen LogP contribution in [0.5, 0.6) is 11.5 Å². The molecule has 6 nitrogen and oxygen atoms in total. The van der Waals surface area contributed by atoms with Crippen molar-refractivity contribution in [3.63, 3.8) is 0 Å². The highest BCUT2D eigenvalue weighted by molar-refractivity contribution is 5.90. The maximum atomic E-state index is 12.3. The molecule has 0 unspecified atom stereocenters. The third kappa shape index (κ3) is 5.74. The minimum Gasteiger partial charge on any atom is -0.493 e. The monoisotopic (exact) mass is 372 g/mol. The zero-order valence-electron chi connectivity index (χ0n) is 16.0. The van der Waals surface area contributed by atoms with E-state index in [0.29, 0.717) is 35.2 Å². The van der Waals surface area contributed by atoms with Gasteiger partial charge in [-0.05, 0) is 41.8 Å². The molecule has 2 rings (SSSR count). The fourth-order valence-corrected chi connectivity index (χ4v) is 2.26. The van der Waals surface area contributed by atoms with Gasteiger partial charge in [0.25, 0.3) is 0 Å². The molecule has 0 heterocycles. The van der Waals surface area contributed by atoms with Crippen molar-refractivity contribution in [2.45, 2.75) is 20.5 Å². The van der Waals surface area contributed by atoms with Gasteiger partial charge in [-0.15, -0.1) is 0 Å². The van der Waals surface area contributed by atoms with Crippen LogP contribution in [-0.4, -0.2) is 32.8 Å². The fourth-order valence-electron chi connectivity index (χ4n) is 2.26. The van der Waals surface area contributed by atoms with Crippen LogP contribution in [0.15, 0.2) is 42.5 Å². The Morgan fingerprint density at radius 3 is 2.15 bits per heavy atom. The Hall–Kier alpha value is -3.02. The number of esters is 2. The zero-order chi connectivity index (χ0) is 19.8. The lowest BCUT2D eigenvalue weighted by Gasteiger charge is -2.13. The van der Waals surface area contributed by atoms with E-state index in [9.17, 15) is 9.59 Å². The van der Waals surface area contributed by atoms with E-state index >= 15 is 0 Å². The summed E-state index contributed by atoms with van der Waals surface area (Å²) in [5.41, 5.74) is 1.57. The van der Waals surface area contributed by atoms with Crippen molar-refractivity contribution < 1.29 is 28.5 Å². The molecule has 0 N–H and O–H groups in total. The van der Waals surface area contributed by atoms with Crippen molar-refractivity contribution in [1.29, 1.82) is 0 Å². The average molecular weight is 372 g/mol. The van der Waals surface area contributed by atoms with E-state index in [1.54, 1.807) is 42.5 Å². The summed E-state index contributed by atoms with van der Waals surface area (Å²) in [5.74, 6) is 0.560. The minimum atomic E-state index is -0.472. The lowest BCUT2D eigenvalue weighted by molar-refractivity contribution is 0.0471. The fraction of sp³-hybridized carbons (Fsp3) is 0.333. The van der Waals surface area contributed by atoms with Gasteiger partial charge in [0.2, 0.25) is 0 Å². The Morgan fingerprint density at radius 1 is 0.889 bits per heavy atom. The quantitative estimate of drug-likeness (QED) is 0.655. The lowest BCUT2D eigenvalue weighted by Crippen LogP contribution is -2.08. The van der Waals surface area contributed by atoms with E-state index in [1.165, 1.54) is 14.2 Å². The molecule has 2 aromatic carbocycles. The summed E-state index contributed by atoms with van der Waals surface area (Å²) in [6.07, 6.45) is 0. The van der Waals surface area contributed by atoms with Gasteiger partial charge in [-0.2, -0.15) is 0 Å². The van der Waals surface area contributed by atoms with Crippen molar-refractivity contribution in [3.8, 4) is 11.5 Å². The smallest absolute Gasteiger partial charge is 0.338 e. The van der Waals surface area contributed by atoms with E-state index in [4.69, 9.17) is 14.2 Å². The van der Waals surface area contributed by atoms with Crippen molar-refractivity contribution in [1.82, 2.24) is 0 Å². The zero-order valence-corrected chi connectivity index (χ0v) is 16.0. The lowest BCUT2D eigenvalue weighted by atomic mass is 10.1. The summed E-state index contributed by atoms with van der Waals surface area (Å²) in [6.45, 7) is 4.75. The number of carbonyl (C=O) groups excluding carboxylic acids is 2. The molecule has 0 atom stereocenters. The first kappa shape index (κ1) is 20.3. The predicted molar refractivity (Wildman–Crippen MR) is 100 cm³/mol. The Labute approximate surface area is 159 Å². The third-order valence-electron chi connectivity index (χ3n) is 3.72. The van der Waals surface area contributed by atoms with Gasteiger partial charge in [-0.3, -0.25) is 0 Å². The minimum absolute atomic E-state index is 0.0915. The standard InChI is InChI=1S/C21H24O6/c1-14(2)12-26-18-10-9-17(11-19(18)24-3)21(23)27-13-15-5-7-16(8-6-15)20(22)25-4/h5-11,14H,12-13H2,1-4H3. The van der Waals surface area contributed by atoms with Crippen molar-refractivity contribution in [2.75, 3.05) is 20.8 Å². The summed E-state index contributed by atoms with van der Waals surface area (Å²) in [6, 6.07) is 11.6. The molecule has 144 valence electrons. The van der Waals surface area contributed by atoms with Gasteiger partial charge < -0.3 is 18.9 Å². The molecule has 0 saturated heterocycles. The van der Waals surface area contributed by atoms with Crippen LogP contribution in [0.25, 0.3) is 0 Å². The molecule has 0 amide bonds. The van der Waals surface area contributed by atoms with Crippen LogP contribution in [0, 0.1) is 5.92 Å². The van der Waals surface area contributed by atoms with Gasteiger partial charge in [-0.1, -0.05) is 26.0 Å². The van der Waals surface area contributed by atoms with Gasteiger partial charge in [0.05, 0.1) is 32.0 Å². The van der Waals surface area contributed by atoms with Gasteiger partial charge >= 0.3 is 11.9 Å². The van der Waals surface area contributed by atoms with Crippen molar-refractivity contribution in [2.24, 2.45) is 5.92 Å². The molecule has 6 heteroatoms. The second kappa shape index (κ2) is 9.62. The van der Waals surface area contributed by atoms with Crippen LogP contribution in [0.1, 0.15) is 40.1 Å². The number of carbonyl (C=O) groups is 2. The molecular weight excluding hydrogens is 348 g/mol. The van der Waals surface area contributed by atoms with Crippen LogP contribution in [0.3, 0.4) is 0 Å². The summed E-state index contributed by atoms with van der Waals surface area (Å²) in [4.78, 5) is 23.7. The van der Waals surface area contributed by atoms with Crippen LogP contribution in [0.4, 0.5) is 0 Å². The SMILES string of the molecule is COC(=O)c1ccc(COC(=O)c2ccc(OCC(C)C)c(OC)c2)cc1. The van der Waals surface area contributed by atoms with Gasteiger partial charge in [0.1, 0.15) is 6.61 Å². The highest BCUT2D eigenvalue weighted by Gasteiger charge is 2.13. The molecule has 0 aliphatic heterocycles. The summed E-state index contributed by atoms with van der Waals surface area (Å²) in [7, 11) is 2.85. The molecule has 2 aromatic rings. The summed E-state index contributed by atoms with van der Waals surface area (Å²) >= 11 is 0. The number of ether oxygens (including phenoxy) is 4. The van der Waals surface area contributed by atoms with E-state index in [2.05, 4.69) is 18.6 Å². The molecular formula is C21H24O6. The van der Waals surface area contributed by atoms with Crippen LogP contribution in [0.2, 0.25) is 0 Å². The molecule has 0 aliphatic rings. The highest BCUT2D eigenvalue weighted by atomic mass is 16.5. The molecule has 0 aromatic heterocycles. The normalized spacial score (nSPS) is 10.4. The van der Waals surface area contributed by atoms with E-state index in [0.717, 1.165) is 5.56 Å². The Bertz CT molecular complexity index is 780. The topological polar surface area (TPSA) is 71.1 Å². The largest absolute Gasteiger partial charge is 0.493 e. The second-order valence-electron chi connectivity index (χ2n) is 6.34. The van der Waals surface area contributed by atoms with Crippen LogP contribution in [-0.2, 0) is 16.1 Å². The highest BCUT2D eigenvalue weighted by Crippen LogP contribution is 2.29. The number of hydrogen-bond acceptors (Lipinski definition) is 6. The Kier molecular flexibility index (Phi) is 7.23. The van der Waals surface area contributed by atoms with Crippen molar-refractivity contribution in [3.05, 3.63) is 59.2 Å². The first-order valence-electron chi connectivity index (χ1n) is 8.59. The van der Waals surface area contributed by atoms with E-state index in [-0.39, 0.29) is 6.61 Å². The molecule has 0 fully saturated rings. The van der Waals surface area contributed by atoms with Crippen LogP contribution >= 0.6 is 0 Å². The Morgan fingerprint density at radius 2 is 1.56 bits per heavy atom. The summed E-state index contributed by atoms with van der Waals surface area (Å²) < 4.78 is 21.0. The molecule has 0 spiro atoms. The maximum absolute atomic E-state index is 12.3.